The highest BCUT2D eigenvalue weighted by Gasteiger charge is 2.36. The van der Waals surface area contributed by atoms with Crippen LogP contribution in [0, 0.1) is 5.82 Å². The summed E-state index contributed by atoms with van der Waals surface area (Å²) in [5, 5.41) is 0.0997. The van der Waals surface area contributed by atoms with Gasteiger partial charge in [-0.3, -0.25) is 4.79 Å². The van der Waals surface area contributed by atoms with E-state index in [1.54, 1.807) is 17.8 Å². The van der Waals surface area contributed by atoms with Crippen LogP contribution in [0.25, 0.3) is 0 Å². The molecule has 4 heteroatoms. The summed E-state index contributed by atoms with van der Waals surface area (Å²) in [6.45, 7) is 1.99. The van der Waals surface area contributed by atoms with Gasteiger partial charge in [0.15, 0.2) is 5.78 Å². The monoisotopic (exact) mass is 272 g/mol. The second-order valence-corrected chi connectivity index (χ2v) is 6.54. The summed E-state index contributed by atoms with van der Waals surface area (Å²) in [5.74, 6) is 0.764. The van der Waals surface area contributed by atoms with Crippen LogP contribution >= 0.6 is 23.4 Å². The van der Waals surface area contributed by atoms with Crippen molar-refractivity contribution in [3.8, 4) is 0 Å². The molecule has 0 spiro atoms. The van der Waals surface area contributed by atoms with Gasteiger partial charge in [0.05, 0.1) is 9.77 Å². The molecule has 0 radical (unpaired) electrons. The third-order valence-electron chi connectivity index (χ3n) is 3.16. The smallest absolute Gasteiger partial charge is 0.152 e. The maximum Gasteiger partial charge on any atom is 0.152 e. The summed E-state index contributed by atoms with van der Waals surface area (Å²) in [6, 6.07) is 4.57. The summed E-state index contributed by atoms with van der Waals surface area (Å²) in [6.07, 6.45) is 2.30. The fraction of sp³-hybridized carbons (Fsp3) is 0.462. The molecule has 0 bridgehead atoms. The Labute approximate surface area is 110 Å². The number of carbonyl (C=O) groups excluding carboxylic acids is 1. The van der Waals surface area contributed by atoms with Crippen LogP contribution in [0.2, 0.25) is 5.02 Å². The zero-order valence-electron chi connectivity index (χ0n) is 9.63. The molecular weight excluding hydrogens is 259 g/mol. The molecule has 1 fully saturated rings. The van der Waals surface area contributed by atoms with E-state index in [1.807, 2.05) is 6.92 Å². The first-order valence-corrected chi connectivity index (χ1v) is 6.99. The molecule has 1 aliphatic rings. The molecule has 1 saturated heterocycles. The van der Waals surface area contributed by atoms with Gasteiger partial charge in [0.1, 0.15) is 5.82 Å². The van der Waals surface area contributed by atoms with Crippen molar-refractivity contribution in [2.75, 3.05) is 5.75 Å². The summed E-state index contributed by atoms with van der Waals surface area (Å²) in [7, 11) is 0. The van der Waals surface area contributed by atoms with Crippen LogP contribution in [0.4, 0.5) is 4.39 Å². The first kappa shape index (κ1) is 12.9. The van der Waals surface area contributed by atoms with Gasteiger partial charge in [0, 0.05) is 6.42 Å². The van der Waals surface area contributed by atoms with E-state index in [1.165, 1.54) is 12.1 Å². The van der Waals surface area contributed by atoms with Crippen molar-refractivity contribution in [3.05, 3.63) is 34.6 Å². The number of halogens is 2. The topological polar surface area (TPSA) is 17.1 Å². The Bertz CT molecular complexity index is 441. The zero-order valence-corrected chi connectivity index (χ0v) is 11.2. The van der Waals surface area contributed by atoms with Crippen molar-refractivity contribution in [1.82, 2.24) is 0 Å². The lowest BCUT2D eigenvalue weighted by Crippen LogP contribution is -2.30. The van der Waals surface area contributed by atoms with Crippen molar-refractivity contribution in [1.29, 1.82) is 0 Å². The van der Waals surface area contributed by atoms with Crippen LogP contribution in [-0.2, 0) is 11.2 Å². The Morgan fingerprint density at radius 2 is 2.35 bits per heavy atom. The highest BCUT2D eigenvalue weighted by Crippen LogP contribution is 2.39. The lowest BCUT2D eigenvalue weighted by molar-refractivity contribution is -0.120. The van der Waals surface area contributed by atoms with Gasteiger partial charge in [-0.15, -0.1) is 11.8 Å². The number of benzene rings is 1. The number of ketones is 1. The molecule has 0 amide bonds. The maximum atomic E-state index is 13.3. The molecule has 1 unspecified atom stereocenters. The molecule has 0 N–H and O–H groups in total. The largest absolute Gasteiger partial charge is 0.298 e. The molecule has 92 valence electrons. The van der Waals surface area contributed by atoms with E-state index in [9.17, 15) is 9.18 Å². The van der Waals surface area contributed by atoms with Gasteiger partial charge in [-0.25, -0.2) is 4.39 Å². The molecule has 1 aromatic rings. The van der Waals surface area contributed by atoms with E-state index < -0.39 is 5.82 Å². The van der Waals surface area contributed by atoms with E-state index >= 15 is 0 Å². The summed E-state index contributed by atoms with van der Waals surface area (Å²) >= 11 is 7.32. The lowest BCUT2D eigenvalue weighted by atomic mass is 9.95. The lowest BCUT2D eigenvalue weighted by Gasteiger charge is -2.20. The molecular formula is C13H14ClFOS. The zero-order chi connectivity index (χ0) is 12.5. The van der Waals surface area contributed by atoms with E-state index in [-0.39, 0.29) is 22.0 Å². The predicted molar refractivity (Wildman–Crippen MR) is 70.2 cm³/mol. The molecule has 0 saturated carbocycles. The number of rotatable bonds is 3. The Morgan fingerprint density at radius 3 is 2.94 bits per heavy atom. The van der Waals surface area contributed by atoms with E-state index in [4.69, 9.17) is 11.6 Å². The Kier molecular flexibility index (Phi) is 3.79. The van der Waals surface area contributed by atoms with Gasteiger partial charge in [-0.05, 0) is 43.2 Å². The van der Waals surface area contributed by atoms with Crippen LogP contribution in [0.1, 0.15) is 25.3 Å². The standard InChI is InChI=1S/C13H14ClFOS/c1-13(5-2-6-17-13)12(16)8-9-3-4-10(14)11(15)7-9/h3-4,7H,2,5-6,8H2,1H3. The molecule has 1 aliphatic heterocycles. The Morgan fingerprint density at radius 1 is 1.59 bits per heavy atom. The molecule has 1 aromatic carbocycles. The second kappa shape index (κ2) is 4.99. The maximum absolute atomic E-state index is 13.3. The molecule has 1 atom stereocenters. The number of hydrogen-bond acceptors (Lipinski definition) is 2. The van der Waals surface area contributed by atoms with Crippen LogP contribution in [0.15, 0.2) is 18.2 Å². The Balaban J connectivity index is 2.10. The first-order chi connectivity index (χ1) is 8.01. The van der Waals surface area contributed by atoms with Gasteiger partial charge >= 0.3 is 0 Å². The van der Waals surface area contributed by atoms with E-state index in [0.717, 1.165) is 18.6 Å². The van der Waals surface area contributed by atoms with E-state index in [0.29, 0.717) is 5.56 Å². The third kappa shape index (κ3) is 2.83. The van der Waals surface area contributed by atoms with Gasteiger partial charge in [0.25, 0.3) is 0 Å². The van der Waals surface area contributed by atoms with E-state index in [2.05, 4.69) is 0 Å². The van der Waals surface area contributed by atoms with Gasteiger partial charge in [-0.2, -0.15) is 0 Å². The highest BCUT2D eigenvalue weighted by molar-refractivity contribution is 8.01. The molecule has 1 heterocycles. The average Bonchev–Trinajstić information content (AvgIpc) is 2.72. The van der Waals surface area contributed by atoms with Crippen LogP contribution in [0.3, 0.4) is 0 Å². The average molecular weight is 273 g/mol. The van der Waals surface area contributed by atoms with Crippen LogP contribution in [-0.4, -0.2) is 16.3 Å². The summed E-state index contributed by atoms with van der Waals surface area (Å²) in [5.41, 5.74) is 0.700. The summed E-state index contributed by atoms with van der Waals surface area (Å²) in [4.78, 5) is 12.2. The van der Waals surface area contributed by atoms with Crippen molar-refractivity contribution < 1.29 is 9.18 Å². The molecule has 17 heavy (non-hydrogen) atoms. The highest BCUT2D eigenvalue weighted by atomic mass is 35.5. The van der Waals surface area contributed by atoms with Crippen molar-refractivity contribution >= 4 is 29.1 Å². The van der Waals surface area contributed by atoms with Crippen molar-refractivity contribution in [2.24, 2.45) is 0 Å². The number of thioether (sulfide) groups is 1. The minimum absolute atomic E-state index is 0.0997. The number of carbonyl (C=O) groups is 1. The SMILES string of the molecule is CC1(C(=O)Cc2ccc(Cl)c(F)c2)CCCS1. The minimum atomic E-state index is -0.457. The first-order valence-electron chi connectivity index (χ1n) is 5.62. The Hall–Kier alpha value is -0.540. The molecule has 1 nitrogen and oxygen atoms in total. The molecule has 2 rings (SSSR count). The normalized spacial score (nSPS) is 23.9. The van der Waals surface area contributed by atoms with Crippen molar-refractivity contribution in [2.45, 2.75) is 30.9 Å². The predicted octanol–water partition coefficient (Wildman–Crippen LogP) is 3.88. The molecule has 0 aliphatic carbocycles. The van der Waals surface area contributed by atoms with Crippen molar-refractivity contribution in [3.63, 3.8) is 0 Å². The second-order valence-electron chi connectivity index (χ2n) is 4.53. The summed E-state index contributed by atoms with van der Waals surface area (Å²) < 4.78 is 13.0. The van der Waals surface area contributed by atoms with Crippen LogP contribution in [0.5, 0.6) is 0 Å². The van der Waals surface area contributed by atoms with Crippen LogP contribution < -0.4 is 0 Å². The quantitative estimate of drug-likeness (QED) is 0.831. The fourth-order valence-electron chi connectivity index (χ4n) is 2.02. The van der Waals surface area contributed by atoms with Gasteiger partial charge in [0.2, 0.25) is 0 Å². The third-order valence-corrected chi connectivity index (χ3v) is 5.03. The fourth-order valence-corrected chi connectivity index (χ4v) is 3.40. The van der Waals surface area contributed by atoms with Gasteiger partial charge < -0.3 is 0 Å². The minimum Gasteiger partial charge on any atom is -0.298 e. The molecule has 0 aromatic heterocycles. The number of Topliss-reactive ketones (excluding diaryl/α,β-unsaturated/α-hetero) is 1. The van der Waals surface area contributed by atoms with Gasteiger partial charge in [-0.1, -0.05) is 17.7 Å². The number of hydrogen-bond donors (Lipinski definition) is 0.